The van der Waals surface area contributed by atoms with E-state index >= 15 is 0 Å². The van der Waals surface area contributed by atoms with Crippen LogP contribution in [0.4, 0.5) is 5.82 Å². The Hall–Kier alpha value is -2.96. The normalized spacial score (nSPS) is 16.3. The van der Waals surface area contributed by atoms with Crippen molar-refractivity contribution >= 4 is 16.7 Å². The molecule has 7 heteroatoms. The van der Waals surface area contributed by atoms with E-state index in [4.69, 9.17) is 14.5 Å². The van der Waals surface area contributed by atoms with Gasteiger partial charge in [-0.25, -0.2) is 19.9 Å². The van der Waals surface area contributed by atoms with Gasteiger partial charge in [0, 0.05) is 48.6 Å². The van der Waals surface area contributed by atoms with Crippen LogP contribution in [-0.4, -0.2) is 40.7 Å². The molecule has 0 amide bonds. The Balaban J connectivity index is 1.52. The highest BCUT2D eigenvalue weighted by atomic mass is 16.5. The van der Waals surface area contributed by atoms with Crippen LogP contribution in [0.15, 0.2) is 24.7 Å². The molecule has 2 aliphatic rings. The summed E-state index contributed by atoms with van der Waals surface area (Å²) in [7, 11) is 3.27. The van der Waals surface area contributed by atoms with Crippen molar-refractivity contribution in [2.24, 2.45) is 0 Å². The quantitative estimate of drug-likeness (QED) is 0.706. The van der Waals surface area contributed by atoms with Crippen molar-refractivity contribution < 1.29 is 9.47 Å². The maximum Gasteiger partial charge on any atom is 0.162 e. The molecule has 1 fully saturated rings. The minimum absolute atomic E-state index is 0.585. The average molecular weight is 363 g/mol. The molecule has 0 radical (unpaired) electrons. The first-order valence-electron chi connectivity index (χ1n) is 9.23. The molecule has 0 spiro atoms. The van der Waals surface area contributed by atoms with Gasteiger partial charge in [0.25, 0.3) is 0 Å². The summed E-state index contributed by atoms with van der Waals surface area (Å²) in [6, 6.07) is 3.84. The van der Waals surface area contributed by atoms with Crippen LogP contribution in [0.2, 0.25) is 0 Å². The predicted octanol–water partition coefficient (Wildman–Crippen LogP) is 2.88. The molecule has 1 aliphatic heterocycles. The molecule has 0 N–H and O–H groups in total. The van der Waals surface area contributed by atoms with Gasteiger partial charge in [0.2, 0.25) is 0 Å². The molecule has 1 aliphatic carbocycles. The van der Waals surface area contributed by atoms with E-state index in [-0.39, 0.29) is 0 Å². The molecule has 0 atom stereocenters. The van der Waals surface area contributed by atoms with Gasteiger partial charge in [-0.1, -0.05) is 0 Å². The molecular weight excluding hydrogens is 342 g/mol. The lowest BCUT2D eigenvalue weighted by Crippen LogP contribution is -2.32. The summed E-state index contributed by atoms with van der Waals surface area (Å²) in [6.45, 7) is 1.62. The molecular formula is C20H21N5O2. The highest BCUT2D eigenvalue weighted by Crippen LogP contribution is 2.39. The molecule has 0 bridgehead atoms. The van der Waals surface area contributed by atoms with E-state index in [1.54, 1.807) is 20.5 Å². The third kappa shape index (κ3) is 2.83. The van der Waals surface area contributed by atoms with Crippen molar-refractivity contribution in [3.63, 3.8) is 0 Å². The first-order valence-corrected chi connectivity index (χ1v) is 9.23. The van der Waals surface area contributed by atoms with Gasteiger partial charge in [-0.3, -0.25) is 0 Å². The number of rotatable bonds is 4. The summed E-state index contributed by atoms with van der Waals surface area (Å²) in [5.74, 6) is 3.85. The number of hydrogen-bond donors (Lipinski definition) is 0. The smallest absolute Gasteiger partial charge is 0.162 e. The minimum atomic E-state index is 0.585. The zero-order valence-corrected chi connectivity index (χ0v) is 15.5. The number of hydrogen-bond acceptors (Lipinski definition) is 7. The number of fused-ring (bicyclic) bond motifs is 2. The van der Waals surface area contributed by atoms with Gasteiger partial charge in [0.15, 0.2) is 11.5 Å². The Labute approximate surface area is 157 Å². The third-order valence-corrected chi connectivity index (χ3v) is 5.31. The van der Waals surface area contributed by atoms with E-state index in [9.17, 15) is 0 Å². The second-order valence-electron chi connectivity index (χ2n) is 7.07. The van der Waals surface area contributed by atoms with E-state index in [0.29, 0.717) is 17.4 Å². The fourth-order valence-corrected chi connectivity index (χ4v) is 3.67. The molecule has 138 valence electrons. The predicted molar refractivity (Wildman–Crippen MR) is 101 cm³/mol. The van der Waals surface area contributed by atoms with Gasteiger partial charge in [-0.15, -0.1) is 0 Å². The van der Waals surface area contributed by atoms with Crippen LogP contribution < -0.4 is 14.4 Å². The third-order valence-electron chi connectivity index (χ3n) is 5.31. The van der Waals surface area contributed by atoms with Crippen LogP contribution in [0.25, 0.3) is 10.9 Å². The summed E-state index contributed by atoms with van der Waals surface area (Å²) < 4.78 is 10.9. The van der Waals surface area contributed by atoms with E-state index in [1.165, 1.54) is 24.1 Å². The molecule has 3 heterocycles. The minimum Gasteiger partial charge on any atom is -0.493 e. The second-order valence-corrected chi connectivity index (χ2v) is 7.07. The van der Waals surface area contributed by atoms with Crippen LogP contribution in [0.5, 0.6) is 11.5 Å². The molecule has 0 unspecified atom stereocenters. The largest absolute Gasteiger partial charge is 0.493 e. The lowest BCUT2D eigenvalue weighted by molar-refractivity contribution is 0.356. The van der Waals surface area contributed by atoms with Crippen LogP contribution in [0, 0.1) is 0 Å². The van der Waals surface area contributed by atoms with E-state index < -0.39 is 0 Å². The maximum atomic E-state index is 5.47. The number of nitrogens with zero attached hydrogens (tertiary/aromatic N) is 5. The Morgan fingerprint density at radius 2 is 1.85 bits per heavy atom. The Morgan fingerprint density at radius 1 is 1.04 bits per heavy atom. The zero-order valence-electron chi connectivity index (χ0n) is 15.5. The summed E-state index contributed by atoms with van der Waals surface area (Å²) in [5.41, 5.74) is 3.20. The summed E-state index contributed by atoms with van der Waals surface area (Å²) in [5, 5.41) is 0.953. The molecule has 27 heavy (non-hydrogen) atoms. The number of benzene rings is 1. The van der Waals surface area contributed by atoms with Crippen molar-refractivity contribution in [3.8, 4) is 11.5 Å². The first-order chi connectivity index (χ1) is 13.3. The average Bonchev–Trinajstić information content (AvgIpc) is 3.57. The van der Waals surface area contributed by atoms with Gasteiger partial charge >= 0.3 is 0 Å². The van der Waals surface area contributed by atoms with Gasteiger partial charge < -0.3 is 14.4 Å². The SMILES string of the molecule is COc1cc2ncnc(N3CCc4nc(C5CC5)ncc4C3)c2cc1OC. The van der Waals surface area contributed by atoms with Crippen molar-refractivity contribution in [2.45, 2.75) is 31.7 Å². The van der Waals surface area contributed by atoms with Crippen LogP contribution in [-0.2, 0) is 13.0 Å². The van der Waals surface area contributed by atoms with Gasteiger partial charge in [0.1, 0.15) is 18.0 Å². The monoisotopic (exact) mass is 363 g/mol. The topological polar surface area (TPSA) is 73.3 Å². The molecule has 7 nitrogen and oxygen atoms in total. The van der Waals surface area contributed by atoms with Gasteiger partial charge in [-0.2, -0.15) is 0 Å². The molecule has 0 saturated heterocycles. The van der Waals surface area contributed by atoms with Crippen LogP contribution >= 0.6 is 0 Å². The molecule has 1 saturated carbocycles. The van der Waals surface area contributed by atoms with Crippen molar-refractivity contribution in [1.29, 1.82) is 0 Å². The maximum absolute atomic E-state index is 5.47. The Bertz CT molecular complexity index is 1020. The molecule has 3 aromatic rings. The molecule has 5 rings (SSSR count). The molecule has 2 aromatic heterocycles. The number of ether oxygens (including phenoxy) is 2. The van der Waals surface area contributed by atoms with Crippen molar-refractivity contribution in [1.82, 2.24) is 19.9 Å². The second kappa shape index (κ2) is 6.33. The highest BCUT2D eigenvalue weighted by molar-refractivity contribution is 5.92. The van der Waals surface area contributed by atoms with E-state index in [2.05, 4.69) is 19.9 Å². The lowest BCUT2D eigenvalue weighted by Gasteiger charge is -2.30. The fourth-order valence-electron chi connectivity index (χ4n) is 3.67. The lowest BCUT2D eigenvalue weighted by atomic mass is 10.1. The molecule has 1 aromatic carbocycles. The van der Waals surface area contributed by atoms with Crippen molar-refractivity contribution in [3.05, 3.63) is 41.7 Å². The zero-order chi connectivity index (χ0) is 18.4. The van der Waals surface area contributed by atoms with E-state index in [0.717, 1.165) is 42.1 Å². The summed E-state index contributed by atoms with van der Waals surface area (Å²) >= 11 is 0. The fraction of sp³-hybridized carbons (Fsp3) is 0.400. The van der Waals surface area contributed by atoms with Crippen LogP contribution in [0.1, 0.15) is 35.8 Å². The standard InChI is InChI=1S/C20H21N5O2/c1-26-17-7-14-16(8-18(17)27-2)22-11-23-20(14)25-6-5-15-13(10-25)9-21-19(24-15)12-3-4-12/h7-9,11-12H,3-6,10H2,1-2H3. The first kappa shape index (κ1) is 16.2. The number of methoxy groups -OCH3 is 2. The summed E-state index contributed by atoms with van der Waals surface area (Å²) in [6.07, 6.45) is 6.95. The van der Waals surface area contributed by atoms with Gasteiger partial charge in [0.05, 0.1) is 25.4 Å². The Kier molecular flexibility index (Phi) is 3.81. The Morgan fingerprint density at radius 3 is 2.63 bits per heavy atom. The van der Waals surface area contributed by atoms with Crippen molar-refractivity contribution in [2.75, 3.05) is 25.7 Å². The van der Waals surface area contributed by atoms with E-state index in [1.807, 2.05) is 18.3 Å². The highest BCUT2D eigenvalue weighted by Gasteiger charge is 2.28. The van der Waals surface area contributed by atoms with Crippen LogP contribution in [0.3, 0.4) is 0 Å². The number of anilines is 1. The summed E-state index contributed by atoms with van der Waals surface area (Å²) in [4.78, 5) is 20.6. The van der Waals surface area contributed by atoms with Gasteiger partial charge in [-0.05, 0) is 18.9 Å². The number of aromatic nitrogens is 4.